The van der Waals surface area contributed by atoms with Gasteiger partial charge >= 0.3 is 0 Å². The van der Waals surface area contributed by atoms with E-state index in [-0.39, 0.29) is 6.04 Å². The molecule has 122 valence electrons. The molecule has 1 fully saturated rings. The van der Waals surface area contributed by atoms with Gasteiger partial charge in [0.15, 0.2) is 0 Å². The molecule has 0 amide bonds. The third-order valence-electron chi connectivity index (χ3n) is 4.47. The van der Waals surface area contributed by atoms with Crippen molar-refractivity contribution in [2.45, 2.75) is 63.8 Å². The number of alkyl halides is 1. The highest BCUT2D eigenvalue weighted by molar-refractivity contribution is 5.72. The maximum absolute atomic E-state index is 13.7. The first-order valence-electron chi connectivity index (χ1n) is 8.34. The fourth-order valence-corrected chi connectivity index (χ4v) is 3.14. The zero-order valence-electron chi connectivity index (χ0n) is 13.5. The molecule has 0 bridgehead atoms. The number of unbranched alkanes of at least 4 members (excludes halogenated alkanes) is 1. The lowest BCUT2D eigenvalue weighted by Gasteiger charge is -2.16. The quantitative estimate of drug-likeness (QED) is 0.748. The van der Waals surface area contributed by atoms with Crippen molar-refractivity contribution in [2.75, 3.05) is 13.7 Å². The van der Waals surface area contributed by atoms with Crippen molar-refractivity contribution in [2.24, 2.45) is 4.99 Å². The number of halogens is 1. The molecule has 2 heterocycles. The summed E-state index contributed by atoms with van der Waals surface area (Å²) in [6, 6.07) is 0.908. The third-order valence-corrected chi connectivity index (χ3v) is 4.47. The van der Waals surface area contributed by atoms with Crippen molar-refractivity contribution in [1.29, 1.82) is 0 Å². The Hall–Kier alpha value is -1.20. The van der Waals surface area contributed by atoms with E-state index >= 15 is 0 Å². The first-order chi connectivity index (χ1) is 10.7. The molecule has 2 aliphatic rings. The van der Waals surface area contributed by atoms with Crippen LogP contribution in [0.25, 0.3) is 0 Å². The van der Waals surface area contributed by atoms with E-state index in [2.05, 4.69) is 28.0 Å². The van der Waals surface area contributed by atoms with Gasteiger partial charge in [0, 0.05) is 56.7 Å². The van der Waals surface area contributed by atoms with Gasteiger partial charge in [0.05, 0.1) is 0 Å². The minimum Gasteiger partial charge on any atom is -0.385 e. The van der Waals surface area contributed by atoms with Crippen LogP contribution in [0.3, 0.4) is 0 Å². The molecule has 1 saturated carbocycles. The second kappa shape index (κ2) is 6.92. The second-order valence-corrected chi connectivity index (χ2v) is 6.44. The van der Waals surface area contributed by atoms with E-state index in [0.717, 1.165) is 37.4 Å². The lowest BCUT2D eigenvalue weighted by molar-refractivity contribution is 0.191. The Morgan fingerprint density at radius 3 is 3.00 bits per heavy atom. The Morgan fingerprint density at radius 1 is 1.45 bits per heavy atom. The van der Waals surface area contributed by atoms with Crippen LogP contribution in [-0.2, 0) is 17.7 Å². The molecule has 2 atom stereocenters. The molecule has 1 N–H and O–H groups in total. The molecule has 0 aromatic carbocycles. The molecule has 0 saturated heterocycles. The fourth-order valence-electron chi connectivity index (χ4n) is 3.14. The van der Waals surface area contributed by atoms with E-state index in [1.54, 1.807) is 7.11 Å². The Balaban J connectivity index is 1.76. The third kappa shape index (κ3) is 3.58. The predicted octanol–water partition coefficient (Wildman–Crippen LogP) is 3.32. The van der Waals surface area contributed by atoms with Crippen LogP contribution in [0.5, 0.6) is 0 Å². The number of aromatic nitrogens is 1. The number of fused-ring (bicyclic) bond motifs is 1. The standard InChI is InChI=1S/C17H26FN3O/c1-12(20-14-5-6-14)16-11-21(7-3-4-8-22-2)17-15(16)9-13(18)10-19-17/h10-14,20H,3-9H2,1-2H3. The summed E-state index contributed by atoms with van der Waals surface area (Å²) < 4.78 is 21.0. The monoisotopic (exact) mass is 307 g/mol. The van der Waals surface area contributed by atoms with E-state index in [0.29, 0.717) is 12.5 Å². The highest BCUT2D eigenvalue weighted by atomic mass is 19.1. The molecule has 4 nitrogen and oxygen atoms in total. The van der Waals surface area contributed by atoms with Gasteiger partial charge in [-0.3, -0.25) is 0 Å². The lowest BCUT2D eigenvalue weighted by atomic mass is 10.0. The normalized spacial score (nSPS) is 21.9. The van der Waals surface area contributed by atoms with Crippen molar-refractivity contribution in [3.8, 4) is 0 Å². The highest BCUT2D eigenvalue weighted by Gasteiger charge is 2.28. The number of aliphatic imine (C=N–C) groups is 1. The van der Waals surface area contributed by atoms with Gasteiger partial charge < -0.3 is 14.6 Å². The Kier molecular flexibility index (Phi) is 4.93. The average Bonchev–Trinajstić information content (AvgIpc) is 3.24. The molecule has 3 rings (SSSR count). The van der Waals surface area contributed by atoms with E-state index in [1.165, 1.54) is 24.6 Å². The average molecular weight is 307 g/mol. The summed E-state index contributed by atoms with van der Waals surface area (Å²) in [4.78, 5) is 4.37. The summed E-state index contributed by atoms with van der Waals surface area (Å²) in [5.74, 6) is 0.950. The van der Waals surface area contributed by atoms with Crippen LogP contribution in [-0.4, -0.2) is 36.7 Å². The number of aryl methyl sites for hydroxylation is 1. The Labute approximate surface area is 131 Å². The second-order valence-electron chi connectivity index (χ2n) is 6.44. The minimum atomic E-state index is -0.955. The molecular weight excluding hydrogens is 281 g/mol. The van der Waals surface area contributed by atoms with E-state index in [4.69, 9.17) is 4.74 Å². The molecule has 1 aromatic rings. The van der Waals surface area contributed by atoms with Gasteiger partial charge in [-0.15, -0.1) is 0 Å². The largest absolute Gasteiger partial charge is 0.385 e. The molecule has 2 unspecified atom stereocenters. The van der Waals surface area contributed by atoms with Gasteiger partial charge in [-0.25, -0.2) is 9.38 Å². The number of nitrogens with one attached hydrogen (secondary N) is 1. The number of hydrogen-bond donors (Lipinski definition) is 1. The number of methoxy groups -OCH3 is 1. The molecular formula is C17H26FN3O. The first kappa shape index (κ1) is 15.7. The zero-order valence-corrected chi connectivity index (χ0v) is 13.5. The fraction of sp³-hybridized carbons (Fsp3) is 0.706. The van der Waals surface area contributed by atoms with Gasteiger partial charge in [-0.1, -0.05) is 0 Å². The molecule has 1 aromatic heterocycles. The van der Waals surface area contributed by atoms with Crippen molar-refractivity contribution >= 4 is 12.0 Å². The molecule has 0 radical (unpaired) electrons. The summed E-state index contributed by atoms with van der Waals surface area (Å²) in [5, 5.41) is 3.62. The number of hydrogen-bond acceptors (Lipinski definition) is 3. The van der Waals surface area contributed by atoms with E-state index in [1.807, 2.05) is 0 Å². The maximum Gasteiger partial charge on any atom is 0.139 e. The van der Waals surface area contributed by atoms with Gasteiger partial charge in [0.25, 0.3) is 0 Å². The van der Waals surface area contributed by atoms with Crippen LogP contribution in [0.15, 0.2) is 11.2 Å². The molecule has 1 aliphatic carbocycles. The molecule has 5 heteroatoms. The summed E-state index contributed by atoms with van der Waals surface area (Å²) in [6.45, 7) is 3.87. The van der Waals surface area contributed by atoms with Crippen LogP contribution in [0.4, 0.5) is 10.2 Å². The molecule has 0 spiro atoms. The van der Waals surface area contributed by atoms with Gasteiger partial charge in [-0.05, 0) is 38.2 Å². The zero-order chi connectivity index (χ0) is 15.5. The summed E-state index contributed by atoms with van der Waals surface area (Å²) >= 11 is 0. The summed E-state index contributed by atoms with van der Waals surface area (Å²) in [5.41, 5.74) is 2.30. The smallest absolute Gasteiger partial charge is 0.139 e. The van der Waals surface area contributed by atoms with Crippen molar-refractivity contribution < 1.29 is 9.13 Å². The molecule has 1 aliphatic heterocycles. The lowest BCUT2D eigenvalue weighted by Crippen LogP contribution is -2.22. The SMILES string of the molecule is COCCCCn1cc(C(C)NC2CC2)c2c1N=CC(F)C2. The van der Waals surface area contributed by atoms with Crippen LogP contribution in [0.2, 0.25) is 0 Å². The van der Waals surface area contributed by atoms with Crippen LogP contribution >= 0.6 is 0 Å². The number of rotatable bonds is 8. The van der Waals surface area contributed by atoms with Crippen LogP contribution in [0, 0.1) is 0 Å². The van der Waals surface area contributed by atoms with Crippen molar-refractivity contribution in [3.63, 3.8) is 0 Å². The number of ether oxygens (including phenoxy) is 1. The van der Waals surface area contributed by atoms with Crippen molar-refractivity contribution in [1.82, 2.24) is 9.88 Å². The van der Waals surface area contributed by atoms with E-state index < -0.39 is 6.17 Å². The van der Waals surface area contributed by atoms with Crippen molar-refractivity contribution in [3.05, 3.63) is 17.3 Å². The number of nitrogens with zero attached hydrogens (tertiary/aromatic N) is 2. The van der Waals surface area contributed by atoms with Gasteiger partial charge in [0.1, 0.15) is 12.0 Å². The van der Waals surface area contributed by atoms with E-state index in [9.17, 15) is 4.39 Å². The maximum atomic E-state index is 13.7. The van der Waals surface area contributed by atoms with Crippen LogP contribution < -0.4 is 5.32 Å². The Morgan fingerprint density at radius 2 is 2.27 bits per heavy atom. The first-order valence-corrected chi connectivity index (χ1v) is 8.34. The summed E-state index contributed by atoms with van der Waals surface area (Å²) in [6.07, 6.45) is 7.71. The predicted molar refractivity (Wildman–Crippen MR) is 86.9 cm³/mol. The van der Waals surface area contributed by atoms with Gasteiger partial charge in [0.2, 0.25) is 0 Å². The minimum absolute atomic E-state index is 0.266. The highest BCUT2D eigenvalue weighted by Crippen LogP contribution is 2.35. The summed E-state index contributed by atoms with van der Waals surface area (Å²) in [7, 11) is 1.73. The van der Waals surface area contributed by atoms with Crippen LogP contribution in [0.1, 0.15) is 49.8 Å². The Bertz CT molecular complexity index is 536. The molecule has 22 heavy (non-hydrogen) atoms. The topological polar surface area (TPSA) is 38.5 Å². The van der Waals surface area contributed by atoms with Gasteiger partial charge in [-0.2, -0.15) is 0 Å².